The molecule has 0 radical (unpaired) electrons. The molecule has 1 aromatic carbocycles. The van der Waals surface area contributed by atoms with Gasteiger partial charge < -0.3 is 4.74 Å². The molecule has 0 bridgehead atoms. The van der Waals surface area contributed by atoms with Crippen LogP contribution in [0.2, 0.25) is 0 Å². The van der Waals surface area contributed by atoms with E-state index in [1.54, 1.807) is 18.4 Å². The molecule has 0 aliphatic carbocycles. The summed E-state index contributed by atoms with van der Waals surface area (Å²) >= 11 is 1.62. The molecule has 1 heterocycles. The number of aryl methyl sites for hydroxylation is 2. The molecule has 0 N–H and O–H groups in total. The van der Waals surface area contributed by atoms with Gasteiger partial charge in [0.2, 0.25) is 0 Å². The monoisotopic (exact) mass is 295 g/mol. The minimum absolute atomic E-state index is 0.613. The van der Waals surface area contributed by atoms with Gasteiger partial charge in [0.05, 0.1) is 17.9 Å². The highest BCUT2D eigenvalue weighted by Crippen LogP contribution is 2.15. The second kappa shape index (κ2) is 6.82. The second-order valence-corrected chi connectivity index (χ2v) is 7.13. The summed E-state index contributed by atoms with van der Waals surface area (Å²) in [6.07, 6.45) is 2.65. The van der Waals surface area contributed by atoms with Gasteiger partial charge in [-0.2, -0.15) is 0 Å². The summed E-state index contributed by atoms with van der Waals surface area (Å²) in [6.45, 7) is 1.97. The average molecular weight is 295 g/mol. The van der Waals surface area contributed by atoms with E-state index in [1.807, 2.05) is 37.4 Å². The number of aromatic nitrogens is 1. The van der Waals surface area contributed by atoms with E-state index >= 15 is 0 Å². The first-order valence-electron chi connectivity index (χ1n) is 6.06. The lowest BCUT2D eigenvalue weighted by atomic mass is 10.2. The maximum absolute atomic E-state index is 12.0. The second-order valence-electron chi connectivity index (χ2n) is 4.23. The van der Waals surface area contributed by atoms with Gasteiger partial charge in [0, 0.05) is 27.6 Å². The van der Waals surface area contributed by atoms with Crippen molar-refractivity contribution in [2.24, 2.45) is 0 Å². The molecule has 0 aliphatic rings. The van der Waals surface area contributed by atoms with Crippen LogP contribution < -0.4 is 4.74 Å². The number of ether oxygens (including phenoxy) is 1. The molecule has 3 nitrogen and oxygen atoms in total. The first kappa shape index (κ1) is 14.2. The SMILES string of the molecule is COc1ccc(CC[S@@](=O)Cc2cnc(C)s2)cc1. The van der Waals surface area contributed by atoms with Crippen molar-refractivity contribution in [1.29, 1.82) is 0 Å². The van der Waals surface area contributed by atoms with E-state index in [0.717, 1.165) is 22.1 Å². The quantitative estimate of drug-likeness (QED) is 0.822. The summed E-state index contributed by atoms with van der Waals surface area (Å²) in [5, 5.41) is 1.03. The highest BCUT2D eigenvalue weighted by atomic mass is 32.2. The van der Waals surface area contributed by atoms with E-state index in [-0.39, 0.29) is 0 Å². The Kier molecular flexibility index (Phi) is 5.10. The topological polar surface area (TPSA) is 39.2 Å². The van der Waals surface area contributed by atoms with Crippen molar-refractivity contribution in [2.75, 3.05) is 12.9 Å². The molecule has 0 unspecified atom stereocenters. The molecule has 19 heavy (non-hydrogen) atoms. The van der Waals surface area contributed by atoms with Crippen LogP contribution in [0.15, 0.2) is 30.5 Å². The predicted molar refractivity (Wildman–Crippen MR) is 80.3 cm³/mol. The van der Waals surface area contributed by atoms with Crippen molar-refractivity contribution in [3.8, 4) is 5.75 Å². The summed E-state index contributed by atoms with van der Waals surface area (Å²) in [7, 11) is 0.828. The number of nitrogens with zero attached hydrogens (tertiary/aromatic N) is 1. The third-order valence-electron chi connectivity index (χ3n) is 2.75. The van der Waals surface area contributed by atoms with Crippen molar-refractivity contribution in [3.63, 3.8) is 0 Å². The first-order valence-corrected chi connectivity index (χ1v) is 8.37. The van der Waals surface area contributed by atoms with Crippen LogP contribution in [0, 0.1) is 6.92 Å². The van der Waals surface area contributed by atoms with Gasteiger partial charge in [-0.25, -0.2) is 4.98 Å². The van der Waals surface area contributed by atoms with E-state index in [2.05, 4.69) is 4.98 Å². The number of benzene rings is 1. The Bertz CT molecular complexity index is 549. The number of hydrogen-bond donors (Lipinski definition) is 0. The lowest BCUT2D eigenvalue weighted by Crippen LogP contribution is -2.03. The zero-order valence-corrected chi connectivity index (χ0v) is 12.7. The van der Waals surface area contributed by atoms with Crippen LogP contribution in [0.25, 0.3) is 0 Å². The number of rotatable bonds is 6. The Morgan fingerprint density at radius 3 is 2.63 bits per heavy atom. The smallest absolute Gasteiger partial charge is 0.118 e. The van der Waals surface area contributed by atoms with Crippen molar-refractivity contribution in [1.82, 2.24) is 4.98 Å². The summed E-state index contributed by atoms with van der Waals surface area (Å²) in [5.41, 5.74) is 1.19. The maximum atomic E-state index is 12.0. The molecule has 102 valence electrons. The molecule has 1 aromatic heterocycles. The Balaban J connectivity index is 1.82. The van der Waals surface area contributed by atoms with Crippen molar-refractivity contribution >= 4 is 22.1 Å². The van der Waals surface area contributed by atoms with Crippen molar-refractivity contribution < 1.29 is 8.95 Å². The summed E-state index contributed by atoms with van der Waals surface area (Å²) in [6, 6.07) is 7.91. The van der Waals surface area contributed by atoms with E-state index in [9.17, 15) is 4.21 Å². The predicted octanol–water partition coefficient (Wildman–Crippen LogP) is 2.95. The van der Waals surface area contributed by atoms with Crippen LogP contribution in [-0.2, 0) is 23.0 Å². The Hall–Kier alpha value is -1.20. The molecule has 0 saturated heterocycles. The van der Waals surface area contributed by atoms with Crippen LogP contribution >= 0.6 is 11.3 Å². The lowest BCUT2D eigenvalue weighted by molar-refractivity contribution is 0.414. The number of hydrogen-bond acceptors (Lipinski definition) is 4. The fraction of sp³-hybridized carbons (Fsp3) is 0.357. The molecule has 0 fully saturated rings. The van der Waals surface area contributed by atoms with E-state index < -0.39 is 10.8 Å². The van der Waals surface area contributed by atoms with Gasteiger partial charge in [0.15, 0.2) is 0 Å². The molecular weight excluding hydrogens is 278 g/mol. The maximum Gasteiger partial charge on any atom is 0.118 e. The van der Waals surface area contributed by atoms with Gasteiger partial charge in [-0.3, -0.25) is 4.21 Å². The van der Waals surface area contributed by atoms with E-state index in [1.165, 1.54) is 5.56 Å². The summed E-state index contributed by atoms with van der Waals surface area (Å²) in [5.74, 6) is 2.15. The largest absolute Gasteiger partial charge is 0.497 e. The molecule has 0 amide bonds. The highest BCUT2D eigenvalue weighted by Gasteiger charge is 2.05. The summed E-state index contributed by atoms with van der Waals surface area (Å²) in [4.78, 5) is 5.28. The minimum Gasteiger partial charge on any atom is -0.497 e. The molecule has 2 aromatic rings. The van der Waals surface area contributed by atoms with E-state index in [0.29, 0.717) is 11.5 Å². The van der Waals surface area contributed by atoms with Crippen LogP contribution in [0.1, 0.15) is 15.4 Å². The molecular formula is C14H17NO2S2. The van der Waals surface area contributed by atoms with Gasteiger partial charge in [-0.05, 0) is 31.0 Å². The number of thiazole rings is 1. The molecule has 0 saturated carbocycles. The molecule has 0 spiro atoms. The van der Waals surface area contributed by atoms with Crippen LogP contribution in [-0.4, -0.2) is 22.1 Å². The highest BCUT2D eigenvalue weighted by molar-refractivity contribution is 7.84. The van der Waals surface area contributed by atoms with Crippen LogP contribution in [0.5, 0.6) is 5.75 Å². The Labute approximate surface area is 120 Å². The fourth-order valence-electron chi connectivity index (χ4n) is 1.73. The van der Waals surface area contributed by atoms with Gasteiger partial charge in [-0.15, -0.1) is 11.3 Å². The average Bonchev–Trinajstić information content (AvgIpc) is 2.82. The molecule has 2 rings (SSSR count). The Morgan fingerprint density at radius 1 is 1.32 bits per heavy atom. The van der Waals surface area contributed by atoms with Crippen molar-refractivity contribution in [2.45, 2.75) is 19.1 Å². The van der Waals surface area contributed by atoms with Gasteiger partial charge in [0.1, 0.15) is 5.75 Å². The standard InChI is InChI=1S/C14H17NO2S2/c1-11-15-9-14(18-11)10-19(16)8-7-12-3-5-13(17-2)6-4-12/h3-6,9H,7-8,10H2,1-2H3/t19-/m1/s1. The number of methoxy groups -OCH3 is 1. The zero-order chi connectivity index (χ0) is 13.7. The molecule has 0 aliphatic heterocycles. The first-order chi connectivity index (χ1) is 9.17. The van der Waals surface area contributed by atoms with Crippen LogP contribution in [0.3, 0.4) is 0 Å². The molecule has 1 atom stereocenters. The minimum atomic E-state index is -0.826. The third kappa shape index (κ3) is 4.44. The van der Waals surface area contributed by atoms with Gasteiger partial charge in [0.25, 0.3) is 0 Å². The summed E-state index contributed by atoms with van der Waals surface area (Å²) < 4.78 is 17.1. The van der Waals surface area contributed by atoms with Crippen LogP contribution in [0.4, 0.5) is 0 Å². The fourth-order valence-corrected chi connectivity index (χ4v) is 3.95. The van der Waals surface area contributed by atoms with Crippen molar-refractivity contribution in [3.05, 3.63) is 45.9 Å². The Morgan fingerprint density at radius 2 is 2.05 bits per heavy atom. The lowest BCUT2D eigenvalue weighted by Gasteiger charge is -2.03. The third-order valence-corrected chi connectivity index (χ3v) is 5.14. The van der Waals surface area contributed by atoms with E-state index in [4.69, 9.17) is 4.74 Å². The normalized spacial score (nSPS) is 12.3. The zero-order valence-electron chi connectivity index (χ0n) is 11.1. The van der Waals surface area contributed by atoms with Gasteiger partial charge >= 0.3 is 0 Å². The van der Waals surface area contributed by atoms with Gasteiger partial charge in [-0.1, -0.05) is 12.1 Å². The molecule has 5 heteroatoms.